The van der Waals surface area contributed by atoms with E-state index in [9.17, 15) is 14.7 Å². The standard InChI is InChI=1S/C18H20N2O3.K.H/c1-19(2)12-9-10-13(15(11-12)18(22)23)17(21)14-7-5-6-8-16(14)20(3)4;;/h5-11H,1-4H3,(H,22,23);;/q;+1;-1. The molecule has 0 heterocycles. The Kier molecular flexibility index (Phi) is 7.63. The van der Waals surface area contributed by atoms with Gasteiger partial charge in [-0.3, -0.25) is 4.79 Å². The van der Waals surface area contributed by atoms with E-state index >= 15 is 0 Å². The maximum Gasteiger partial charge on any atom is 1.00 e. The molecule has 0 bridgehead atoms. The van der Waals surface area contributed by atoms with Gasteiger partial charge in [0.05, 0.1) is 5.56 Å². The molecule has 0 spiro atoms. The summed E-state index contributed by atoms with van der Waals surface area (Å²) in [4.78, 5) is 28.1. The fourth-order valence-electron chi connectivity index (χ4n) is 2.39. The summed E-state index contributed by atoms with van der Waals surface area (Å²) < 4.78 is 0. The number of ketones is 1. The Morgan fingerprint density at radius 3 is 2.04 bits per heavy atom. The van der Waals surface area contributed by atoms with Crippen molar-refractivity contribution in [2.75, 3.05) is 38.0 Å². The van der Waals surface area contributed by atoms with Crippen molar-refractivity contribution in [3.63, 3.8) is 0 Å². The summed E-state index contributed by atoms with van der Waals surface area (Å²) in [7, 11) is 7.34. The Bertz CT molecular complexity index is 764. The van der Waals surface area contributed by atoms with Crippen LogP contribution in [0.3, 0.4) is 0 Å². The van der Waals surface area contributed by atoms with E-state index in [-0.39, 0.29) is 69.7 Å². The predicted molar refractivity (Wildman–Crippen MR) is 93.0 cm³/mol. The first-order valence-electron chi connectivity index (χ1n) is 7.18. The number of aromatic carboxylic acids is 1. The topological polar surface area (TPSA) is 60.9 Å². The maximum absolute atomic E-state index is 12.9. The number of hydrogen-bond donors (Lipinski definition) is 1. The molecular formula is C18H21KN2O3. The Balaban J connectivity index is 0.00000288. The van der Waals surface area contributed by atoms with Crippen molar-refractivity contribution in [2.24, 2.45) is 0 Å². The molecule has 0 fully saturated rings. The molecule has 0 atom stereocenters. The number of carbonyl (C=O) groups excluding carboxylic acids is 1. The zero-order valence-electron chi connectivity index (χ0n) is 15.7. The third-order valence-electron chi connectivity index (χ3n) is 3.63. The molecule has 0 aliphatic heterocycles. The van der Waals surface area contributed by atoms with Gasteiger partial charge in [0.25, 0.3) is 0 Å². The minimum absolute atomic E-state index is 0. The number of hydrogen-bond acceptors (Lipinski definition) is 4. The predicted octanol–water partition coefficient (Wildman–Crippen LogP) is -0.136. The number of rotatable bonds is 5. The second-order valence-corrected chi connectivity index (χ2v) is 5.67. The van der Waals surface area contributed by atoms with E-state index in [4.69, 9.17) is 0 Å². The summed E-state index contributed by atoms with van der Waals surface area (Å²) in [5, 5.41) is 9.46. The smallest absolute Gasteiger partial charge is 1.00 e. The fourth-order valence-corrected chi connectivity index (χ4v) is 2.39. The molecule has 2 rings (SSSR count). The Hall–Kier alpha value is -1.18. The average molecular weight is 352 g/mol. The summed E-state index contributed by atoms with van der Waals surface area (Å²) in [6, 6.07) is 12.0. The molecule has 0 aliphatic carbocycles. The molecule has 122 valence electrons. The Morgan fingerprint density at radius 2 is 1.50 bits per heavy atom. The van der Waals surface area contributed by atoms with E-state index in [1.54, 1.807) is 29.2 Å². The van der Waals surface area contributed by atoms with E-state index in [0.717, 1.165) is 11.4 Å². The minimum atomic E-state index is -1.11. The summed E-state index contributed by atoms with van der Waals surface area (Å²) in [6.07, 6.45) is 0. The van der Waals surface area contributed by atoms with Crippen molar-refractivity contribution in [2.45, 2.75) is 0 Å². The van der Waals surface area contributed by atoms with Crippen LogP contribution in [0.15, 0.2) is 42.5 Å². The summed E-state index contributed by atoms with van der Waals surface area (Å²) in [5.41, 5.74) is 2.18. The molecule has 5 nitrogen and oxygen atoms in total. The van der Waals surface area contributed by atoms with E-state index < -0.39 is 5.97 Å². The van der Waals surface area contributed by atoms with Gasteiger partial charge in [0, 0.05) is 50.7 Å². The molecule has 0 aromatic heterocycles. The van der Waals surface area contributed by atoms with Crippen LogP contribution in [-0.4, -0.2) is 45.0 Å². The summed E-state index contributed by atoms with van der Waals surface area (Å²) >= 11 is 0. The minimum Gasteiger partial charge on any atom is -1.00 e. The largest absolute Gasteiger partial charge is 1.00 e. The van der Waals surface area contributed by atoms with Crippen molar-refractivity contribution in [3.05, 3.63) is 59.2 Å². The number of anilines is 2. The van der Waals surface area contributed by atoms with Crippen LogP contribution in [0.2, 0.25) is 0 Å². The first-order chi connectivity index (χ1) is 10.8. The van der Waals surface area contributed by atoms with Gasteiger partial charge in [0.15, 0.2) is 5.78 Å². The first-order valence-corrected chi connectivity index (χ1v) is 7.18. The quantitative estimate of drug-likeness (QED) is 0.600. The van der Waals surface area contributed by atoms with Gasteiger partial charge in [-0.25, -0.2) is 4.79 Å². The van der Waals surface area contributed by atoms with Crippen LogP contribution in [-0.2, 0) is 0 Å². The zero-order chi connectivity index (χ0) is 17.1. The molecule has 2 aromatic carbocycles. The Labute approximate surface area is 186 Å². The van der Waals surface area contributed by atoms with E-state index in [0.29, 0.717) is 5.56 Å². The molecule has 6 heteroatoms. The normalized spacial score (nSPS) is 9.83. The van der Waals surface area contributed by atoms with Crippen molar-refractivity contribution in [3.8, 4) is 0 Å². The van der Waals surface area contributed by atoms with Gasteiger partial charge in [-0.2, -0.15) is 0 Å². The third kappa shape index (κ3) is 4.46. The second-order valence-electron chi connectivity index (χ2n) is 5.67. The SMILES string of the molecule is CN(C)c1ccc(C(=O)c2ccccc2N(C)C)c(C(=O)O)c1.[H-].[K+]. The number of carboxylic acids is 1. The van der Waals surface area contributed by atoms with Crippen molar-refractivity contribution < 1.29 is 67.5 Å². The molecule has 0 saturated carbocycles. The number of benzene rings is 2. The Morgan fingerprint density at radius 1 is 0.875 bits per heavy atom. The van der Waals surface area contributed by atoms with E-state index in [2.05, 4.69) is 0 Å². The summed E-state index contributed by atoms with van der Waals surface area (Å²) in [5.74, 6) is -1.41. The zero-order valence-corrected chi connectivity index (χ0v) is 17.8. The maximum atomic E-state index is 12.9. The number of para-hydroxylation sites is 1. The van der Waals surface area contributed by atoms with Crippen molar-refractivity contribution in [1.29, 1.82) is 0 Å². The van der Waals surface area contributed by atoms with Gasteiger partial charge in [-0.15, -0.1) is 0 Å². The number of carboxylic acid groups (broad SMARTS) is 1. The third-order valence-corrected chi connectivity index (χ3v) is 3.63. The van der Waals surface area contributed by atoms with Gasteiger partial charge >= 0.3 is 57.4 Å². The van der Waals surface area contributed by atoms with Crippen molar-refractivity contribution >= 4 is 23.1 Å². The molecule has 2 aromatic rings. The van der Waals surface area contributed by atoms with Gasteiger partial charge in [0.1, 0.15) is 0 Å². The van der Waals surface area contributed by atoms with Crippen LogP contribution < -0.4 is 61.2 Å². The van der Waals surface area contributed by atoms with Crippen LogP contribution in [0, 0.1) is 0 Å². The second kappa shape index (κ2) is 8.78. The first kappa shape index (κ1) is 20.9. The van der Waals surface area contributed by atoms with Crippen LogP contribution in [0.25, 0.3) is 0 Å². The molecule has 0 aliphatic rings. The molecule has 0 radical (unpaired) electrons. The summed E-state index contributed by atoms with van der Waals surface area (Å²) in [6.45, 7) is 0. The van der Waals surface area contributed by atoms with Gasteiger partial charge in [-0.05, 0) is 30.3 Å². The average Bonchev–Trinajstić information content (AvgIpc) is 2.53. The van der Waals surface area contributed by atoms with Gasteiger partial charge in [0.2, 0.25) is 0 Å². The molecule has 0 amide bonds. The van der Waals surface area contributed by atoms with Gasteiger partial charge in [-0.1, -0.05) is 12.1 Å². The molecule has 1 N–H and O–H groups in total. The molecule has 0 unspecified atom stereocenters. The monoisotopic (exact) mass is 352 g/mol. The molecule has 24 heavy (non-hydrogen) atoms. The number of nitrogens with zero attached hydrogens (tertiary/aromatic N) is 2. The fraction of sp³-hybridized carbons (Fsp3) is 0.222. The van der Waals surface area contributed by atoms with Crippen LogP contribution >= 0.6 is 0 Å². The van der Waals surface area contributed by atoms with Crippen LogP contribution in [0.1, 0.15) is 27.7 Å². The molecule has 0 saturated heterocycles. The van der Waals surface area contributed by atoms with E-state index in [1.807, 2.05) is 45.2 Å². The van der Waals surface area contributed by atoms with Crippen molar-refractivity contribution in [1.82, 2.24) is 0 Å². The van der Waals surface area contributed by atoms with Gasteiger partial charge < -0.3 is 16.3 Å². The number of carbonyl (C=O) groups is 2. The van der Waals surface area contributed by atoms with Crippen LogP contribution in [0.5, 0.6) is 0 Å². The molecular weight excluding hydrogens is 331 g/mol. The van der Waals surface area contributed by atoms with E-state index in [1.165, 1.54) is 6.07 Å². The van der Waals surface area contributed by atoms with Crippen LogP contribution in [0.4, 0.5) is 11.4 Å².